The van der Waals surface area contributed by atoms with Crippen molar-refractivity contribution in [3.8, 4) is 56.2 Å². The lowest BCUT2D eigenvalue weighted by Crippen LogP contribution is -1.95. The SMILES string of the molecule is c1ccc(-c2cc(-c3ccc(-c4c5cccc(-c6ccccc6)c5n5c4oc4ccccc45)cc3)nc(-c3ccccc3)n2)cc1. The van der Waals surface area contributed by atoms with Gasteiger partial charge < -0.3 is 4.42 Å². The van der Waals surface area contributed by atoms with Gasteiger partial charge in [-0.05, 0) is 29.3 Å². The molecule has 0 unspecified atom stereocenters. The molecule has 0 atom stereocenters. The van der Waals surface area contributed by atoms with E-state index in [4.69, 9.17) is 14.4 Å². The summed E-state index contributed by atoms with van der Waals surface area (Å²) in [5, 5.41) is 1.15. The molecular formula is C42H27N3O. The molecule has 6 aromatic carbocycles. The predicted octanol–water partition coefficient (Wildman–Crippen LogP) is 11.0. The van der Waals surface area contributed by atoms with Gasteiger partial charge in [0, 0.05) is 27.6 Å². The van der Waals surface area contributed by atoms with Gasteiger partial charge in [-0.3, -0.25) is 4.40 Å². The summed E-state index contributed by atoms with van der Waals surface area (Å²) in [5.41, 5.74) is 13.2. The molecule has 216 valence electrons. The maximum Gasteiger partial charge on any atom is 0.213 e. The molecular weight excluding hydrogens is 562 g/mol. The Bertz CT molecular complexity index is 2440. The van der Waals surface area contributed by atoms with Gasteiger partial charge in [0.25, 0.3) is 0 Å². The normalized spacial score (nSPS) is 11.5. The number of benzene rings is 6. The Labute approximate surface area is 265 Å². The molecule has 0 spiro atoms. The van der Waals surface area contributed by atoms with Crippen LogP contribution in [0.25, 0.3) is 83.9 Å². The quantitative estimate of drug-likeness (QED) is 0.201. The zero-order chi connectivity index (χ0) is 30.5. The number of rotatable bonds is 5. The van der Waals surface area contributed by atoms with E-state index in [1.165, 1.54) is 11.1 Å². The summed E-state index contributed by atoms with van der Waals surface area (Å²) in [6, 6.07) is 56.5. The fraction of sp³-hybridized carbons (Fsp3) is 0. The first-order chi connectivity index (χ1) is 22.8. The molecule has 9 rings (SSSR count). The lowest BCUT2D eigenvalue weighted by Gasteiger charge is -2.10. The molecule has 0 aliphatic carbocycles. The summed E-state index contributed by atoms with van der Waals surface area (Å²) in [6.07, 6.45) is 0. The van der Waals surface area contributed by atoms with Crippen LogP contribution in [0.15, 0.2) is 168 Å². The van der Waals surface area contributed by atoms with E-state index in [0.717, 1.165) is 66.9 Å². The van der Waals surface area contributed by atoms with Gasteiger partial charge >= 0.3 is 0 Å². The largest absolute Gasteiger partial charge is 0.438 e. The number of aromatic nitrogens is 3. The smallest absolute Gasteiger partial charge is 0.213 e. The molecule has 0 amide bonds. The van der Waals surface area contributed by atoms with Crippen molar-refractivity contribution in [1.82, 2.24) is 14.4 Å². The van der Waals surface area contributed by atoms with Gasteiger partial charge in [-0.25, -0.2) is 9.97 Å². The highest BCUT2D eigenvalue weighted by Crippen LogP contribution is 2.43. The van der Waals surface area contributed by atoms with Gasteiger partial charge in [0.1, 0.15) is 0 Å². The van der Waals surface area contributed by atoms with Crippen molar-refractivity contribution in [1.29, 1.82) is 0 Å². The summed E-state index contributed by atoms with van der Waals surface area (Å²) < 4.78 is 8.88. The Balaban J connectivity index is 1.23. The maximum absolute atomic E-state index is 6.60. The third-order valence-corrected chi connectivity index (χ3v) is 8.64. The van der Waals surface area contributed by atoms with E-state index in [0.29, 0.717) is 5.82 Å². The number of oxazole rings is 1. The topological polar surface area (TPSA) is 43.3 Å². The van der Waals surface area contributed by atoms with E-state index in [9.17, 15) is 0 Å². The van der Waals surface area contributed by atoms with Crippen LogP contribution in [0.4, 0.5) is 0 Å². The van der Waals surface area contributed by atoms with Crippen LogP contribution in [0.3, 0.4) is 0 Å². The van der Waals surface area contributed by atoms with Crippen LogP contribution in [0, 0.1) is 0 Å². The third kappa shape index (κ3) is 4.31. The number of hydrogen-bond donors (Lipinski definition) is 0. The average molecular weight is 590 g/mol. The van der Waals surface area contributed by atoms with Crippen molar-refractivity contribution in [2.45, 2.75) is 0 Å². The Morgan fingerprint density at radius 1 is 0.457 bits per heavy atom. The molecule has 4 heteroatoms. The second-order valence-electron chi connectivity index (χ2n) is 11.4. The molecule has 4 nitrogen and oxygen atoms in total. The molecule has 3 aromatic heterocycles. The van der Waals surface area contributed by atoms with Crippen LogP contribution in [-0.2, 0) is 0 Å². The minimum absolute atomic E-state index is 0.705. The molecule has 0 saturated heterocycles. The van der Waals surface area contributed by atoms with E-state index in [-0.39, 0.29) is 0 Å². The van der Waals surface area contributed by atoms with E-state index >= 15 is 0 Å². The average Bonchev–Trinajstić information content (AvgIpc) is 3.67. The lowest BCUT2D eigenvalue weighted by atomic mass is 9.98. The highest BCUT2D eigenvalue weighted by molar-refractivity contribution is 6.11. The van der Waals surface area contributed by atoms with Gasteiger partial charge in [-0.1, -0.05) is 146 Å². The van der Waals surface area contributed by atoms with Crippen molar-refractivity contribution < 1.29 is 4.42 Å². The standard InChI is InChI=1S/C42H27N3O/c1-4-13-28(14-5-1)33-19-12-20-34-39(42-45(40(33)34)37-21-10-11-22-38(37)46-42)31-25-23-30(24-26-31)36-27-35(29-15-6-2-7-16-29)43-41(44-36)32-17-8-3-9-18-32/h1-27H. The highest BCUT2D eigenvalue weighted by atomic mass is 16.3. The molecule has 0 bridgehead atoms. The van der Waals surface area contributed by atoms with Crippen molar-refractivity contribution in [2.75, 3.05) is 0 Å². The number of para-hydroxylation sites is 3. The van der Waals surface area contributed by atoms with Gasteiger partial charge in [0.2, 0.25) is 5.71 Å². The Kier molecular flexibility index (Phi) is 6.10. The van der Waals surface area contributed by atoms with Crippen LogP contribution < -0.4 is 0 Å². The molecule has 3 heterocycles. The Morgan fingerprint density at radius 3 is 1.72 bits per heavy atom. The van der Waals surface area contributed by atoms with Gasteiger partial charge in [0.05, 0.1) is 28.0 Å². The summed E-state index contributed by atoms with van der Waals surface area (Å²) in [4.78, 5) is 9.99. The van der Waals surface area contributed by atoms with Crippen molar-refractivity contribution in [3.63, 3.8) is 0 Å². The number of nitrogens with zero attached hydrogens (tertiary/aromatic N) is 3. The second kappa shape index (κ2) is 10.7. The Morgan fingerprint density at radius 2 is 1.02 bits per heavy atom. The predicted molar refractivity (Wildman–Crippen MR) is 187 cm³/mol. The molecule has 9 aromatic rings. The summed E-state index contributed by atoms with van der Waals surface area (Å²) in [5.74, 6) is 0.705. The van der Waals surface area contributed by atoms with Crippen LogP contribution in [0.5, 0.6) is 0 Å². The molecule has 46 heavy (non-hydrogen) atoms. The first-order valence-electron chi connectivity index (χ1n) is 15.4. The summed E-state index contributed by atoms with van der Waals surface area (Å²) >= 11 is 0. The fourth-order valence-electron chi connectivity index (χ4n) is 6.48. The van der Waals surface area contributed by atoms with Crippen LogP contribution in [0.1, 0.15) is 0 Å². The third-order valence-electron chi connectivity index (χ3n) is 8.64. The molecule has 0 N–H and O–H groups in total. The zero-order valence-electron chi connectivity index (χ0n) is 24.8. The van der Waals surface area contributed by atoms with Crippen molar-refractivity contribution in [2.24, 2.45) is 0 Å². The fourth-order valence-corrected chi connectivity index (χ4v) is 6.48. The monoisotopic (exact) mass is 589 g/mol. The van der Waals surface area contributed by atoms with E-state index in [2.05, 4.69) is 120 Å². The van der Waals surface area contributed by atoms with Crippen LogP contribution in [0.2, 0.25) is 0 Å². The summed E-state index contributed by atoms with van der Waals surface area (Å²) in [7, 11) is 0. The Hall–Kier alpha value is -6.26. The summed E-state index contributed by atoms with van der Waals surface area (Å²) in [6.45, 7) is 0. The van der Waals surface area contributed by atoms with Crippen molar-refractivity contribution >= 4 is 27.7 Å². The van der Waals surface area contributed by atoms with Crippen LogP contribution >= 0.6 is 0 Å². The van der Waals surface area contributed by atoms with Crippen molar-refractivity contribution in [3.05, 3.63) is 164 Å². The molecule has 0 aliphatic heterocycles. The molecule has 0 saturated carbocycles. The van der Waals surface area contributed by atoms with E-state index in [1.54, 1.807) is 0 Å². The molecule has 0 fully saturated rings. The van der Waals surface area contributed by atoms with E-state index in [1.807, 2.05) is 48.5 Å². The first-order valence-corrected chi connectivity index (χ1v) is 15.4. The minimum Gasteiger partial charge on any atom is -0.438 e. The minimum atomic E-state index is 0.705. The zero-order valence-corrected chi connectivity index (χ0v) is 24.8. The highest BCUT2D eigenvalue weighted by Gasteiger charge is 2.22. The first kappa shape index (κ1) is 26.2. The van der Waals surface area contributed by atoms with Gasteiger partial charge in [-0.2, -0.15) is 0 Å². The van der Waals surface area contributed by atoms with E-state index < -0.39 is 0 Å². The van der Waals surface area contributed by atoms with Gasteiger partial charge in [0.15, 0.2) is 11.4 Å². The second-order valence-corrected chi connectivity index (χ2v) is 11.4. The maximum atomic E-state index is 6.60. The van der Waals surface area contributed by atoms with Gasteiger partial charge in [-0.15, -0.1) is 0 Å². The lowest BCUT2D eigenvalue weighted by molar-refractivity contribution is 0.658. The molecule has 0 aliphatic rings. The van der Waals surface area contributed by atoms with Crippen LogP contribution in [-0.4, -0.2) is 14.4 Å². The number of fused-ring (bicyclic) bond motifs is 5. The molecule has 0 radical (unpaired) electrons. The number of hydrogen-bond acceptors (Lipinski definition) is 3.